The molecule has 0 fully saturated rings. The molecule has 0 aliphatic rings. The smallest absolute Gasteiger partial charge is 0.0598 e. The Hall–Kier alpha value is -0.730. The van der Waals surface area contributed by atoms with Gasteiger partial charge >= 0.3 is 0 Å². The van der Waals surface area contributed by atoms with Crippen molar-refractivity contribution in [1.29, 1.82) is 0 Å². The third-order valence-corrected chi connectivity index (χ3v) is 2.12. The van der Waals surface area contributed by atoms with Gasteiger partial charge in [0.05, 0.1) is 16.3 Å². The highest BCUT2D eigenvalue weighted by Crippen LogP contribution is 2.21. The van der Waals surface area contributed by atoms with Gasteiger partial charge in [0, 0.05) is 14.1 Å². The fraction of sp³-hybridized carbons (Fsp3) is 0.222. The second-order valence-corrected chi connectivity index (χ2v) is 3.58. The second kappa shape index (κ2) is 4.49. The Morgan fingerprint density at radius 3 is 2.46 bits per heavy atom. The third kappa shape index (κ3) is 3.25. The van der Waals surface area contributed by atoms with Gasteiger partial charge in [-0.3, -0.25) is 0 Å². The van der Waals surface area contributed by atoms with E-state index in [9.17, 15) is 0 Å². The van der Waals surface area contributed by atoms with Crippen LogP contribution in [0.15, 0.2) is 23.3 Å². The first-order valence-electron chi connectivity index (χ1n) is 3.76. The average molecular weight is 217 g/mol. The van der Waals surface area contributed by atoms with Crippen LogP contribution in [0.3, 0.4) is 0 Å². The first-order valence-corrected chi connectivity index (χ1v) is 4.51. The van der Waals surface area contributed by atoms with Gasteiger partial charge in [0.25, 0.3) is 0 Å². The van der Waals surface area contributed by atoms with Gasteiger partial charge in [-0.1, -0.05) is 29.3 Å². The van der Waals surface area contributed by atoms with Crippen LogP contribution in [0, 0.1) is 0 Å². The Morgan fingerprint density at radius 1 is 1.23 bits per heavy atom. The Morgan fingerprint density at radius 2 is 1.92 bits per heavy atom. The van der Waals surface area contributed by atoms with Crippen molar-refractivity contribution in [3.8, 4) is 0 Å². The van der Waals surface area contributed by atoms with E-state index in [4.69, 9.17) is 23.2 Å². The van der Waals surface area contributed by atoms with Crippen LogP contribution in [0.5, 0.6) is 0 Å². The van der Waals surface area contributed by atoms with Crippen molar-refractivity contribution in [1.82, 2.24) is 5.01 Å². The highest BCUT2D eigenvalue weighted by molar-refractivity contribution is 6.42. The molecule has 0 aliphatic heterocycles. The lowest BCUT2D eigenvalue weighted by atomic mass is 10.2. The normalized spacial score (nSPS) is 10.8. The van der Waals surface area contributed by atoms with E-state index < -0.39 is 0 Å². The minimum Gasteiger partial charge on any atom is -0.303 e. The van der Waals surface area contributed by atoms with Crippen molar-refractivity contribution in [2.75, 3.05) is 14.1 Å². The lowest BCUT2D eigenvalue weighted by molar-refractivity contribution is 0.440. The number of hydrogen-bond acceptors (Lipinski definition) is 2. The molecule has 0 radical (unpaired) electrons. The molecular weight excluding hydrogens is 207 g/mol. The molecule has 0 amide bonds. The summed E-state index contributed by atoms with van der Waals surface area (Å²) in [5.74, 6) is 0. The molecule has 0 saturated heterocycles. The van der Waals surface area contributed by atoms with E-state index >= 15 is 0 Å². The van der Waals surface area contributed by atoms with Gasteiger partial charge in [-0.05, 0) is 17.7 Å². The number of hydrazone groups is 1. The van der Waals surface area contributed by atoms with Crippen LogP contribution < -0.4 is 0 Å². The summed E-state index contributed by atoms with van der Waals surface area (Å²) in [5, 5.41) is 6.89. The Kier molecular flexibility index (Phi) is 3.58. The van der Waals surface area contributed by atoms with Gasteiger partial charge in [-0.15, -0.1) is 0 Å². The van der Waals surface area contributed by atoms with Crippen molar-refractivity contribution in [2.45, 2.75) is 0 Å². The zero-order chi connectivity index (χ0) is 9.84. The minimum atomic E-state index is 0.546. The highest BCUT2D eigenvalue weighted by atomic mass is 35.5. The molecule has 0 saturated carbocycles. The number of halogens is 2. The minimum absolute atomic E-state index is 0.546. The molecule has 4 heteroatoms. The first-order chi connectivity index (χ1) is 6.09. The van der Waals surface area contributed by atoms with Crippen molar-refractivity contribution in [3.05, 3.63) is 33.8 Å². The summed E-state index contributed by atoms with van der Waals surface area (Å²) < 4.78 is 0. The van der Waals surface area contributed by atoms with E-state index in [-0.39, 0.29) is 0 Å². The van der Waals surface area contributed by atoms with Crippen LogP contribution in [0.1, 0.15) is 5.56 Å². The monoisotopic (exact) mass is 216 g/mol. The fourth-order valence-corrected chi connectivity index (χ4v) is 1.08. The summed E-state index contributed by atoms with van der Waals surface area (Å²) in [6.45, 7) is 0. The number of rotatable bonds is 2. The van der Waals surface area contributed by atoms with Crippen molar-refractivity contribution >= 4 is 29.4 Å². The number of hydrogen-bond donors (Lipinski definition) is 0. The molecule has 70 valence electrons. The van der Waals surface area contributed by atoms with Crippen LogP contribution in [-0.4, -0.2) is 25.3 Å². The highest BCUT2D eigenvalue weighted by Gasteiger charge is 1.96. The number of nitrogens with zero attached hydrogens (tertiary/aromatic N) is 2. The summed E-state index contributed by atoms with van der Waals surface area (Å²) >= 11 is 11.6. The Balaban J connectivity index is 2.85. The topological polar surface area (TPSA) is 15.6 Å². The number of benzene rings is 1. The molecular formula is C9H10Cl2N2. The maximum Gasteiger partial charge on any atom is 0.0598 e. The van der Waals surface area contributed by atoms with Crippen LogP contribution in [0.25, 0.3) is 0 Å². The van der Waals surface area contributed by atoms with Gasteiger partial charge in [-0.2, -0.15) is 5.10 Å². The largest absolute Gasteiger partial charge is 0.303 e. The zero-order valence-corrected chi connectivity index (χ0v) is 8.97. The van der Waals surface area contributed by atoms with Gasteiger partial charge in [0.15, 0.2) is 0 Å². The van der Waals surface area contributed by atoms with Crippen LogP contribution in [0.4, 0.5) is 0 Å². The van der Waals surface area contributed by atoms with Crippen LogP contribution >= 0.6 is 23.2 Å². The first kappa shape index (κ1) is 10.4. The lowest BCUT2D eigenvalue weighted by Crippen LogP contribution is -2.01. The van der Waals surface area contributed by atoms with Gasteiger partial charge in [0.1, 0.15) is 0 Å². The fourth-order valence-electron chi connectivity index (χ4n) is 0.775. The maximum atomic E-state index is 5.82. The molecule has 0 bridgehead atoms. The SMILES string of the molecule is CN(C)/N=C/c1ccc(Cl)c(Cl)c1. The Labute approximate surface area is 87.8 Å². The lowest BCUT2D eigenvalue weighted by Gasteiger charge is -2.02. The summed E-state index contributed by atoms with van der Waals surface area (Å²) in [5.41, 5.74) is 0.933. The van der Waals surface area contributed by atoms with Gasteiger partial charge in [0.2, 0.25) is 0 Å². The average Bonchev–Trinajstić information content (AvgIpc) is 2.07. The second-order valence-electron chi connectivity index (χ2n) is 2.77. The zero-order valence-electron chi connectivity index (χ0n) is 7.46. The molecule has 0 spiro atoms. The molecule has 2 nitrogen and oxygen atoms in total. The third-order valence-electron chi connectivity index (χ3n) is 1.38. The van der Waals surface area contributed by atoms with Crippen molar-refractivity contribution in [3.63, 3.8) is 0 Å². The standard InChI is InChI=1S/C9H10Cl2N2/c1-13(2)12-6-7-3-4-8(10)9(11)5-7/h3-6H,1-2H3/b12-6+. The molecule has 13 heavy (non-hydrogen) atoms. The van der Waals surface area contributed by atoms with E-state index in [1.807, 2.05) is 20.2 Å². The van der Waals surface area contributed by atoms with E-state index in [1.54, 1.807) is 23.4 Å². The summed E-state index contributed by atoms with van der Waals surface area (Å²) in [4.78, 5) is 0. The van der Waals surface area contributed by atoms with Crippen LogP contribution in [0.2, 0.25) is 10.0 Å². The van der Waals surface area contributed by atoms with E-state index in [1.165, 1.54) is 0 Å². The van der Waals surface area contributed by atoms with E-state index in [0.29, 0.717) is 10.0 Å². The van der Waals surface area contributed by atoms with Gasteiger partial charge in [-0.25, -0.2) is 0 Å². The predicted octanol–water partition coefficient (Wildman–Crippen LogP) is 2.89. The van der Waals surface area contributed by atoms with Gasteiger partial charge < -0.3 is 5.01 Å². The summed E-state index contributed by atoms with van der Waals surface area (Å²) in [7, 11) is 3.71. The molecule has 0 aromatic heterocycles. The molecule has 1 aromatic carbocycles. The maximum absolute atomic E-state index is 5.82. The molecule has 0 aliphatic carbocycles. The molecule has 0 heterocycles. The van der Waals surface area contributed by atoms with Crippen molar-refractivity contribution < 1.29 is 0 Å². The molecule has 1 rings (SSSR count). The summed E-state index contributed by atoms with van der Waals surface area (Å²) in [6, 6.07) is 5.39. The Bertz CT molecular complexity index is 321. The van der Waals surface area contributed by atoms with E-state index in [2.05, 4.69) is 5.10 Å². The molecule has 0 atom stereocenters. The summed E-state index contributed by atoms with van der Waals surface area (Å²) in [6.07, 6.45) is 1.72. The van der Waals surface area contributed by atoms with Crippen LogP contribution in [-0.2, 0) is 0 Å². The quantitative estimate of drug-likeness (QED) is 0.549. The predicted molar refractivity (Wildman–Crippen MR) is 57.7 cm³/mol. The van der Waals surface area contributed by atoms with Crippen molar-refractivity contribution in [2.24, 2.45) is 5.10 Å². The molecule has 1 aromatic rings. The van der Waals surface area contributed by atoms with E-state index in [0.717, 1.165) is 5.56 Å². The molecule has 0 N–H and O–H groups in total. The molecule has 0 unspecified atom stereocenters.